The van der Waals surface area contributed by atoms with Gasteiger partial charge in [0.1, 0.15) is 5.69 Å². The molecule has 1 heterocycles. The number of amides is 1. The number of nitrogens with zero attached hydrogens (tertiary/aromatic N) is 2. The van der Waals surface area contributed by atoms with E-state index in [-0.39, 0.29) is 23.2 Å². The lowest BCUT2D eigenvalue weighted by atomic mass is 10.1. The average molecular weight is 327 g/mol. The standard InChI is InChI=1S/C19H25N3O2/c1-3-4-6-9-15(2)20-19(24)17-12-13-18(23)22(21-17)14-16-10-7-5-8-11-16/h5,7-8,10-13,15H,3-4,6,9,14H2,1-2H3,(H,20,24). The van der Waals surface area contributed by atoms with Crippen molar-refractivity contribution in [3.63, 3.8) is 0 Å². The first-order valence-corrected chi connectivity index (χ1v) is 8.53. The monoisotopic (exact) mass is 327 g/mol. The molecule has 1 unspecified atom stereocenters. The minimum atomic E-state index is -0.235. The summed E-state index contributed by atoms with van der Waals surface area (Å²) in [5, 5.41) is 7.16. The molecule has 5 nitrogen and oxygen atoms in total. The first kappa shape index (κ1) is 17.9. The summed E-state index contributed by atoms with van der Waals surface area (Å²) in [7, 11) is 0. The molecule has 1 aromatic heterocycles. The van der Waals surface area contributed by atoms with Crippen LogP contribution in [0.5, 0.6) is 0 Å². The number of unbranched alkanes of at least 4 members (excludes halogenated alkanes) is 2. The molecule has 0 saturated heterocycles. The molecule has 1 N–H and O–H groups in total. The van der Waals surface area contributed by atoms with Crippen molar-refractivity contribution >= 4 is 5.91 Å². The second-order valence-electron chi connectivity index (χ2n) is 6.07. The zero-order chi connectivity index (χ0) is 17.4. The molecule has 2 rings (SSSR count). The summed E-state index contributed by atoms with van der Waals surface area (Å²) in [4.78, 5) is 24.3. The van der Waals surface area contributed by atoms with Crippen LogP contribution in [0.1, 0.15) is 55.6 Å². The van der Waals surface area contributed by atoms with Gasteiger partial charge in [0.05, 0.1) is 6.54 Å². The predicted octanol–water partition coefficient (Wildman–Crippen LogP) is 2.99. The Morgan fingerprint density at radius 1 is 1.17 bits per heavy atom. The van der Waals surface area contributed by atoms with E-state index in [4.69, 9.17) is 0 Å². The van der Waals surface area contributed by atoms with Crippen molar-refractivity contribution in [3.8, 4) is 0 Å². The van der Waals surface area contributed by atoms with E-state index in [0.717, 1.165) is 24.8 Å². The minimum Gasteiger partial charge on any atom is -0.348 e. The van der Waals surface area contributed by atoms with Gasteiger partial charge >= 0.3 is 0 Å². The Balaban J connectivity index is 2.04. The molecule has 5 heteroatoms. The number of hydrogen-bond donors (Lipinski definition) is 1. The Kier molecular flexibility index (Phi) is 6.73. The zero-order valence-electron chi connectivity index (χ0n) is 14.4. The van der Waals surface area contributed by atoms with Gasteiger partial charge in [0.2, 0.25) is 0 Å². The number of nitrogens with one attached hydrogen (secondary N) is 1. The van der Waals surface area contributed by atoms with Crippen LogP contribution in [0.25, 0.3) is 0 Å². The predicted molar refractivity (Wildman–Crippen MR) is 95.1 cm³/mol. The third kappa shape index (κ3) is 5.33. The Hall–Kier alpha value is -2.43. The summed E-state index contributed by atoms with van der Waals surface area (Å²) >= 11 is 0. The molecular weight excluding hydrogens is 302 g/mol. The number of carbonyl (C=O) groups excluding carboxylic acids is 1. The SMILES string of the molecule is CCCCCC(C)NC(=O)c1ccc(=O)n(Cc2ccccc2)n1. The van der Waals surface area contributed by atoms with E-state index in [2.05, 4.69) is 17.3 Å². The second kappa shape index (κ2) is 9.01. The minimum absolute atomic E-state index is 0.0975. The number of aromatic nitrogens is 2. The first-order chi connectivity index (χ1) is 11.6. The highest BCUT2D eigenvalue weighted by Crippen LogP contribution is 2.04. The lowest BCUT2D eigenvalue weighted by Gasteiger charge is -2.13. The molecule has 0 aliphatic rings. The molecular formula is C19H25N3O2. The first-order valence-electron chi connectivity index (χ1n) is 8.53. The van der Waals surface area contributed by atoms with Crippen molar-refractivity contribution in [1.82, 2.24) is 15.1 Å². The maximum absolute atomic E-state index is 12.3. The van der Waals surface area contributed by atoms with Gasteiger partial charge < -0.3 is 5.32 Å². The molecule has 1 aromatic carbocycles. The smallest absolute Gasteiger partial charge is 0.271 e. The summed E-state index contributed by atoms with van der Waals surface area (Å²) in [5.74, 6) is -0.235. The Bertz CT molecular complexity index is 710. The highest BCUT2D eigenvalue weighted by molar-refractivity contribution is 5.92. The highest BCUT2D eigenvalue weighted by Gasteiger charge is 2.12. The summed E-state index contributed by atoms with van der Waals surface area (Å²) in [6.07, 6.45) is 4.37. The third-order valence-corrected chi connectivity index (χ3v) is 3.89. The Morgan fingerprint density at radius 2 is 1.92 bits per heavy atom. The average Bonchev–Trinajstić information content (AvgIpc) is 2.58. The summed E-state index contributed by atoms with van der Waals surface area (Å²) in [6.45, 7) is 4.50. The van der Waals surface area contributed by atoms with Gasteiger partial charge in [-0.05, 0) is 25.0 Å². The van der Waals surface area contributed by atoms with Crippen LogP contribution in [0.4, 0.5) is 0 Å². The van der Waals surface area contributed by atoms with Gasteiger partial charge in [-0.2, -0.15) is 5.10 Å². The Morgan fingerprint density at radius 3 is 2.62 bits per heavy atom. The van der Waals surface area contributed by atoms with E-state index in [9.17, 15) is 9.59 Å². The molecule has 24 heavy (non-hydrogen) atoms. The van der Waals surface area contributed by atoms with Crippen molar-refractivity contribution in [3.05, 3.63) is 64.1 Å². The zero-order valence-corrected chi connectivity index (χ0v) is 14.4. The molecule has 0 fully saturated rings. The number of hydrogen-bond acceptors (Lipinski definition) is 3. The van der Waals surface area contributed by atoms with Crippen LogP contribution in [0.15, 0.2) is 47.3 Å². The number of carbonyl (C=O) groups is 1. The van der Waals surface area contributed by atoms with Crippen molar-refractivity contribution in [1.29, 1.82) is 0 Å². The van der Waals surface area contributed by atoms with E-state index in [1.54, 1.807) is 0 Å². The van der Waals surface area contributed by atoms with Gasteiger partial charge in [-0.15, -0.1) is 0 Å². The summed E-state index contributed by atoms with van der Waals surface area (Å²) < 4.78 is 1.33. The molecule has 1 atom stereocenters. The van der Waals surface area contributed by atoms with Crippen molar-refractivity contribution in [2.75, 3.05) is 0 Å². The van der Waals surface area contributed by atoms with E-state index < -0.39 is 0 Å². The molecule has 0 bridgehead atoms. The van der Waals surface area contributed by atoms with Crippen LogP contribution >= 0.6 is 0 Å². The van der Waals surface area contributed by atoms with Gasteiger partial charge in [-0.25, -0.2) is 4.68 Å². The van der Waals surface area contributed by atoms with Crippen molar-refractivity contribution in [2.24, 2.45) is 0 Å². The fraction of sp³-hybridized carbons (Fsp3) is 0.421. The molecule has 0 aliphatic carbocycles. The third-order valence-electron chi connectivity index (χ3n) is 3.89. The normalized spacial score (nSPS) is 11.9. The van der Waals surface area contributed by atoms with Gasteiger partial charge in [0, 0.05) is 12.1 Å². The molecule has 0 radical (unpaired) electrons. The lowest BCUT2D eigenvalue weighted by molar-refractivity contribution is 0.0930. The van der Waals surface area contributed by atoms with Crippen molar-refractivity contribution in [2.45, 2.75) is 52.1 Å². The summed E-state index contributed by atoms with van der Waals surface area (Å²) in [5.41, 5.74) is 1.02. The van der Waals surface area contributed by atoms with Crippen LogP contribution in [-0.4, -0.2) is 21.7 Å². The largest absolute Gasteiger partial charge is 0.348 e. The number of rotatable bonds is 8. The second-order valence-corrected chi connectivity index (χ2v) is 6.07. The molecule has 0 saturated carbocycles. The van der Waals surface area contributed by atoms with Crippen LogP contribution in [0, 0.1) is 0 Å². The van der Waals surface area contributed by atoms with Crippen LogP contribution < -0.4 is 10.9 Å². The fourth-order valence-corrected chi connectivity index (χ4v) is 2.51. The lowest BCUT2D eigenvalue weighted by Crippen LogP contribution is -2.35. The van der Waals surface area contributed by atoms with Gasteiger partial charge in [-0.1, -0.05) is 56.5 Å². The van der Waals surface area contributed by atoms with Gasteiger partial charge in [0.15, 0.2) is 0 Å². The molecule has 0 aliphatic heterocycles. The van der Waals surface area contributed by atoms with Crippen LogP contribution in [0.3, 0.4) is 0 Å². The molecule has 1 amide bonds. The van der Waals surface area contributed by atoms with Gasteiger partial charge in [0.25, 0.3) is 11.5 Å². The molecule has 0 spiro atoms. The summed E-state index contributed by atoms with van der Waals surface area (Å²) in [6, 6.07) is 12.6. The number of benzene rings is 1. The van der Waals surface area contributed by atoms with Crippen LogP contribution in [0.2, 0.25) is 0 Å². The fourth-order valence-electron chi connectivity index (χ4n) is 2.51. The van der Waals surface area contributed by atoms with E-state index in [1.165, 1.54) is 23.2 Å². The van der Waals surface area contributed by atoms with E-state index >= 15 is 0 Å². The van der Waals surface area contributed by atoms with Crippen LogP contribution in [-0.2, 0) is 6.54 Å². The maximum atomic E-state index is 12.3. The van der Waals surface area contributed by atoms with E-state index in [0.29, 0.717) is 6.54 Å². The molecule has 2 aromatic rings. The quantitative estimate of drug-likeness (QED) is 0.758. The van der Waals surface area contributed by atoms with Gasteiger partial charge in [-0.3, -0.25) is 9.59 Å². The Labute approximate surface area is 142 Å². The van der Waals surface area contributed by atoms with E-state index in [1.807, 2.05) is 37.3 Å². The van der Waals surface area contributed by atoms with Crippen molar-refractivity contribution < 1.29 is 4.79 Å². The molecule has 128 valence electrons. The topological polar surface area (TPSA) is 64.0 Å². The maximum Gasteiger partial charge on any atom is 0.271 e. The highest BCUT2D eigenvalue weighted by atomic mass is 16.2.